The number of rotatable bonds is 12. The molecule has 0 radical (unpaired) electrons. The quantitative estimate of drug-likeness (QED) is 0.138. The van der Waals surface area contributed by atoms with Crippen LogP contribution in [-0.2, 0) is 0 Å². The lowest BCUT2D eigenvalue weighted by atomic mass is 10.1. The third-order valence-corrected chi connectivity index (χ3v) is 5.34. The minimum Gasteiger partial charge on any atom is -0.423 e. The van der Waals surface area contributed by atoms with Crippen molar-refractivity contribution in [2.24, 2.45) is 0 Å². The summed E-state index contributed by atoms with van der Waals surface area (Å²) in [6.07, 6.45) is 12.0. The van der Waals surface area contributed by atoms with Gasteiger partial charge in [0.1, 0.15) is 5.75 Å². The molecule has 32 heavy (non-hydrogen) atoms. The summed E-state index contributed by atoms with van der Waals surface area (Å²) in [6.45, 7) is 3.28. The number of unbranched alkanes of at least 4 members (excludes halogenated alkanes) is 5. The highest BCUT2D eigenvalue weighted by Crippen LogP contribution is 2.16. The molecule has 0 heterocycles. The fourth-order valence-electron chi connectivity index (χ4n) is 3.43. The SMILES string of the molecule is CCCCCCCCNc1ccc(/C=C/c2ccc(C(=O)Oc3ccccc3)cc2)cc1. The first-order chi connectivity index (χ1) is 15.7. The molecule has 3 heteroatoms. The van der Waals surface area contributed by atoms with Crippen molar-refractivity contribution in [3.63, 3.8) is 0 Å². The first kappa shape index (κ1) is 23.3. The van der Waals surface area contributed by atoms with Crippen molar-refractivity contribution in [3.05, 3.63) is 95.6 Å². The van der Waals surface area contributed by atoms with E-state index in [1.165, 1.54) is 38.5 Å². The van der Waals surface area contributed by atoms with Crippen molar-refractivity contribution in [1.29, 1.82) is 0 Å². The number of carbonyl (C=O) groups excluding carboxylic acids is 1. The minimum atomic E-state index is -0.351. The minimum absolute atomic E-state index is 0.351. The largest absolute Gasteiger partial charge is 0.423 e. The Balaban J connectivity index is 1.44. The van der Waals surface area contributed by atoms with Gasteiger partial charge in [0.05, 0.1) is 5.56 Å². The zero-order chi connectivity index (χ0) is 22.4. The Kier molecular flexibility index (Phi) is 9.60. The van der Waals surface area contributed by atoms with Crippen LogP contribution in [0.1, 0.15) is 66.9 Å². The molecular weight excluding hydrogens is 394 g/mol. The second-order valence-corrected chi connectivity index (χ2v) is 7.97. The first-order valence-corrected chi connectivity index (χ1v) is 11.6. The molecule has 0 aromatic heterocycles. The Bertz CT molecular complexity index is 960. The molecule has 0 fully saturated rings. The van der Waals surface area contributed by atoms with Crippen LogP contribution in [0.4, 0.5) is 5.69 Å². The Morgan fingerprint density at radius 2 is 1.34 bits per heavy atom. The maximum absolute atomic E-state index is 12.2. The molecule has 0 bridgehead atoms. The summed E-state index contributed by atoms with van der Waals surface area (Å²) in [5.41, 5.74) is 3.87. The van der Waals surface area contributed by atoms with Gasteiger partial charge in [0.15, 0.2) is 0 Å². The number of hydrogen-bond donors (Lipinski definition) is 1. The van der Waals surface area contributed by atoms with Gasteiger partial charge in [-0.3, -0.25) is 0 Å². The lowest BCUT2D eigenvalue weighted by molar-refractivity contribution is 0.0735. The van der Waals surface area contributed by atoms with Crippen molar-refractivity contribution in [2.45, 2.75) is 45.4 Å². The lowest BCUT2D eigenvalue weighted by Crippen LogP contribution is -2.08. The van der Waals surface area contributed by atoms with Crippen LogP contribution in [0.15, 0.2) is 78.9 Å². The Hall–Kier alpha value is -3.33. The first-order valence-electron chi connectivity index (χ1n) is 11.6. The van der Waals surface area contributed by atoms with Crippen LogP contribution in [0.5, 0.6) is 5.75 Å². The number of hydrogen-bond acceptors (Lipinski definition) is 3. The molecule has 3 aromatic rings. The van der Waals surface area contributed by atoms with Crippen LogP contribution in [0.3, 0.4) is 0 Å². The normalized spacial score (nSPS) is 10.9. The molecule has 3 nitrogen and oxygen atoms in total. The van der Waals surface area contributed by atoms with Gasteiger partial charge in [-0.05, 0) is 53.9 Å². The molecule has 0 atom stereocenters. The zero-order valence-corrected chi connectivity index (χ0v) is 18.9. The molecule has 0 aliphatic carbocycles. The molecule has 166 valence electrons. The Labute approximate surface area is 192 Å². The predicted molar refractivity (Wildman–Crippen MR) is 135 cm³/mol. The van der Waals surface area contributed by atoms with Gasteiger partial charge in [0.2, 0.25) is 0 Å². The summed E-state index contributed by atoms with van der Waals surface area (Å²) in [5, 5.41) is 3.50. The number of nitrogens with one attached hydrogen (secondary N) is 1. The van der Waals surface area contributed by atoms with E-state index in [9.17, 15) is 4.79 Å². The highest BCUT2D eigenvalue weighted by molar-refractivity contribution is 5.91. The standard InChI is InChI=1S/C29H33NO2/c1-2-3-4-5-6-10-23-30-27-21-17-25(18-22-27)14-13-24-15-19-26(20-16-24)29(31)32-28-11-8-7-9-12-28/h7-9,11-22,30H,2-6,10,23H2,1H3/b14-13+. The number of esters is 1. The molecule has 0 aliphatic heterocycles. The van der Waals surface area contributed by atoms with E-state index in [2.05, 4.69) is 42.6 Å². The number of ether oxygens (including phenoxy) is 1. The number of benzene rings is 3. The maximum Gasteiger partial charge on any atom is 0.343 e. The predicted octanol–water partition coefficient (Wildman–Crippen LogP) is 7.85. The van der Waals surface area contributed by atoms with E-state index in [1.54, 1.807) is 24.3 Å². The summed E-state index contributed by atoms with van der Waals surface area (Å²) in [4.78, 5) is 12.2. The molecule has 0 spiro atoms. The van der Waals surface area contributed by atoms with Crippen molar-refractivity contribution in [2.75, 3.05) is 11.9 Å². The molecule has 0 saturated carbocycles. The lowest BCUT2D eigenvalue weighted by Gasteiger charge is -2.06. The summed E-state index contributed by atoms with van der Waals surface area (Å²) >= 11 is 0. The number of anilines is 1. The fourth-order valence-corrected chi connectivity index (χ4v) is 3.43. The van der Waals surface area contributed by atoms with Crippen molar-refractivity contribution < 1.29 is 9.53 Å². The van der Waals surface area contributed by atoms with Crippen LogP contribution in [0, 0.1) is 0 Å². The van der Waals surface area contributed by atoms with E-state index < -0.39 is 0 Å². The van der Waals surface area contributed by atoms with Crippen LogP contribution in [0.2, 0.25) is 0 Å². The van der Waals surface area contributed by atoms with E-state index in [0.717, 1.165) is 23.4 Å². The monoisotopic (exact) mass is 427 g/mol. The maximum atomic E-state index is 12.2. The van der Waals surface area contributed by atoms with Gasteiger partial charge < -0.3 is 10.1 Å². The average molecular weight is 428 g/mol. The fraction of sp³-hybridized carbons (Fsp3) is 0.276. The van der Waals surface area contributed by atoms with Gasteiger partial charge in [-0.15, -0.1) is 0 Å². The highest BCUT2D eigenvalue weighted by Gasteiger charge is 2.07. The van der Waals surface area contributed by atoms with Crippen LogP contribution in [-0.4, -0.2) is 12.5 Å². The molecular formula is C29H33NO2. The van der Waals surface area contributed by atoms with E-state index in [0.29, 0.717) is 11.3 Å². The van der Waals surface area contributed by atoms with Gasteiger partial charge >= 0.3 is 5.97 Å². The van der Waals surface area contributed by atoms with Gasteiger partial charge in [-0.1, -0.05) is 93.6 Å². The summed E-state index contributed by atoms with van der Waals surface area (Å²) in [7, 11) is 0. The van der Waals surface area contributed by atoms with Crippen LogP contribution >= 0.6 is 0 Å². The molecule has 3 aromatic carbocycles. The molecule has 0 aliphatic rings. The third kappa shape index (κ3) is 8.07. The zero-order valence-electron chi connectivity index (χ0n) is 18.9. The molecule has 0 unspecified atom stereocenters. The molecule has 3 rings (SSSR count). The van der Waals surface area contributed by atoms with E-state index in [1.807, 2.05) is 36.4 Å². The van der Waals surface area contributed by atoms with E-state index in [4.69, 9.17) is 4.74 Å². The van der Waals surface area contributed by atoms with Gasteiger partial charge in [0, 0.05) is 12.2 Å². The van der Waals surface area contributed by atoms with Gasteiger partial charge in [0.25, 0.3) is 0 Å². The molecule has 0 amide bonds. The summed E-state index contributed by atoms with van der Waals surface area (Å²) < 4.78 is 5.37. The summed E-state index contributed by atoms with van der Waals surface area (Å²) in [5.74, 6) is 0.196. The van der Waals surface area contributed by atoms with Gasteiger partial charge in [-0.25, -0.2) is 4.79 Å². The van der Waals surface area contributed by atoms with Crippen LogP contribution < -0.4 is 10.1 Å². The van der Waals surface area contributed by atoms with Gasteiger partial charge in [-0.2, -0.15) is 0 Å². The summed E-state index contributed by atoms with van der Waals surface area (Å²) in [6, 6.07) is 25.0. The average Bonchev–Trinajstić information content (AvgIpc) is 2.84. The van der Waals surface area contributed by atoms with E-state index >= 15 is 0 Å². The number of carbonyl (C=O) groups is 1. The molecule has 1 N–H and O–H groups in total. The smallest absolute Gasteiger partial charge is 0.343 e. The van der Waals surface area contributed by atoms with Crippen molar-refractivity contribution >= 4 is 23.8 Å². The second-order valence-electron chi connectivity index (χ2n) is 7.97. The van der Waals surface area contributed by atoms with Crippen molar-refractivity contribution in [1.82, 2.24) is 0 Å². The third-order valence-electron chi connectivity index (χ3n) is 5.34. The van der Waals surface area contributed by atoms with Crippen LogP contribution in [0.25, 0.3) is 12.2 Å². The number of para-hydroxylation sites is 1. The Morgan fingerprint density at radius 1 is 0.750 bits per heavy atom. The van der Waals surface area contributed by atoms with E-state index in [-0.39, 0.29) is 5.97 Å². The molecule has 0 saturated heterocycles. The highest BCUT2D eigenvalue weighted by atomic mass is 16.5. The second kappa shape index (κ2) is 13.2. The Morgan fingerprint density at radius 3 is 2.00 bits per heavy atom. The van der Waals surface area contributed by atoms with Crippen molar-refractivity contribution in [3.8, 4) is 5.75 Å². The topological polar surface area (TPSA) is 38.3 Å².